The maximum absolute atomic E-state index is 14.3. The number of unbranched alkanes of at least 4 members (excludes halogenated alkanes) is 1. The second-order valence-corrected chi connectivity index (χ2v) is 6.54. The molecular weight excluding hydrogens is 302 g/mol. The SMILES string of the molecule is CC1CC1CCCCC(F)(F)c1nc2ccc(O)cc2[nH]c1=O. The van der Waals surface area contributed by atoms with Gasteiger partial charge in [-0.25, -0.2) is 4.98 Å². The van der Waals surface area contributed by atoms with Crippen molar-refractivity contribution in [2.24, 2.45) is 11.8 Å². The highest BCUT2D eigenvalue weighted by molar-refractivity contribution is 5.75. The van der Waals surface area contributed by atoms with E-state index < -0.39 is 17.2 Å². The van der Waals surface area contributed by atoms with Gasteiger partial charge < -0.3 is 10.1 Å². The summed E-state index contributed by atoms with van der Waals surface area (Å²) >= 11 is 0. The molecule has 1 aromatic heterocycles. The fourth-order valence-electron chi connectivity index (χ4n) is 3.00. The molecule has 2 aromatic rings. The Hall–Kier alpha value is -1.98. The second-order valence-electron chi connectivity index (χ2n) is 6.54. The summed E-state index contributed by atoms with van der Waals surface area (Å²) in [5.41, 5.74) is -1.15. The number of alkyl halides is 2. The van der Waals surface area contributed by atoms with E-state index >= 15 is 0 Å². The summed E-state index contributed by atoms with van der Waals surface area (Å²) in [6, 6.07) is 4.06. The van der Waals surface area contributed by atoms with Gasteiger partial charge in [0, 0.05) is 12.5 Å². The van der Waals surface area contributed by atoms with E-state index in [1.807, 2.05) is 0 Å². The Bertz CT molecular complexity index is 773. The van der Waals surface area contributed by atoms with Crippen LogP contribution in [-0.4, -0.2) is 15.1 Å². The fraction of sp³-hybridized carbons (Fsp3) is 0.529. The van der Waals surface area contributed by atoms with E-state index in [-0.39, 0.29) is 23.2 Å². The standard InChI is InChI=1S/C17H20F2N2O2/c1-10-8-11(10)4-2-3-7-17(18,19)15-16(23)21-14-9-12(22)5-6-13(14)20-15/h5-6,9-11,22H,2-4,7-8H2,1H3,(H,21,23). The summed E-state index contributed by atoms with van der Waals surface area (Å²) in [5, 5.41) is 9.36. The summed E-state index contributed by atoms with van der Waals surface area (Å²) in [5.74, 6) is -1.87. The molecule has 0 saturated heterocycles. The third kappa shape index (κ3) is 3.51. The Labute approximate surface area is 132 Å². The Morgan fingerprint density at radius 3 is 2.83 bits per heavy atom. The third-order valence-electron chi connectivity index (χ3n) is 4.61. The molecule has 0 amide bonds. The lowest BCUT2D eigenvalue weighted by Gasteiger charge is -2.15. The maximum atomic E-state index is 14.3. The number of fused-ring (bicyclic) bond motifs is 1. The van der Waals surface area contributed by atoms with Gasteiger partial charge in [-0.15, -0.1) is 0 Å². The summed E-state index contributed by atoms with van der Waals surface area (Å²) in [4.78, 5) is 18.1. The number of aromatic amines is 1. The molecule has 0 bridgehead atoms. The molecule has 1 aliphatic rings. The van der Waals surface area contributed by atoms with Crippen molar-refractivity contribution in [3.8, 4) is 5.75 Å². The molecule has 3 rings (SSSR count). The molecule has 1 aromatic carbocycles. The Balaban J connectivity index is 1.73. The number of hydrogen-bond donors (Lipinski definition) is 2. The molecule has 1 aliphatic carbocycles. The molecule has 2 unspecified atom stereocenters. The molecule has 4 nitrogen and oxygen atoms in total. The minimum atomic E-state index is -3.24. The molecule has 2 atom stereocenters. The summed E-state index contributed by atoms with van der Waals surface area (Å²) in [6.45, 7) is 2.18. The van der Waals surface area contributed by atoms with Crippen molar-refractivity contribution in [3.63, 3.8) is 0 Å². The number of phenolic OH excluding ortho intramolecular Hbond substituents is 1. The smallest absolute Gasteiger partial charge is 0.295 e. The first-order chi connectivity index (χ1) is 10.9. The largest absolute Gasteiger partial charge is 0.508 e. The van der Waals surface area contributed by atoms with Gasteiger partial charge in [-0.3, -0.25) is 4.79 Å². The molecule has 0 radical (unpaired) electrons. The van der Waals surface area contributed by atoms with Crippen LogP contribution in [0.2, 0.25) is 0 Å². The average molecular weight is 322 g/mol. The lowest BCUT2D eigenvalue weighted by Crippen LogP contribution is -2.27. The average Bonchev–Trinajstić information content (AvgIpc) is 3.18. The topological polar surface area (TPSA) is 66.0 Å². The maximum Gasteiger partial charge on any atom is 0.295 e. The lowest BCUT2D eigenvalue weighted by atomic mass is 10.0. The molecule has 1 saturated carbocycles. The molecule has 6 heteroatoms. The van der Waals surface area contributed by atoms with Gasteiger partial charge in [0.1, 0.15) is 5.75 Å². The number of nitrogens with one attached hydrogen (secondary N) is 1. The molecule has 124 valence electrons. The van der Waals surface area contributed by atoms with Gasteiger partial charge in [0.15, 0.2) is 5.69 Å². The molecular formula is C17H20F2N2O2. The fourth-order valence-corrected chi connectivity index (χ4v) is 3.00. The number of rotatable bonds is 6. The lowest BCUT2D eigenvalue weighted by molar-refractivity contribution is -0.0214. The number of H-pyrrole nitrogens is 1. The van der Waals surface area contributed by atoms with Gasteiger partial charge in [-0.1, -0.05) is 19.8 Å². The summed E-state index contributed by atoms with van der Waals surface area (Å²) in [7, 11) is 0. The van der Waals surface area contributed by atoms with Gasteiger partial charge >= 0.3 is 0 Å². The zero-order valence-electron chi connectivity index (χ0n) is 13.0. The number of halogens is 2. The van der Waals surface area contributed by atoms with Gasteiger partial charge in [-0.05, 0) is 36.8 Å². The van der Waals surface area contributed by atoms with E-state index in [0.717, 1.165) is 18.8 Å². The predicted molar refractivity (Wildman–Crippen MR) is 83.7 cm³/mol. The second kappa shape index (κ2) is 5.91. The van der Waals surface area contributed by atoms with Crippen LogP contribution in [0.5, 0.6) is 5.75 Å². The van der Waals surface area contributed by atoms with E-state index in [0.29, 0.717) is 12.3 Å². The molecule has 23 heavy (non-hydrogen) atoms. The Kier molecular flexibility index (Phi) is 4.08. The minimum absolute atomic E-state index is 0.0521. The van der Waals surface area contributed by atoms with Crippen LogP contribution in [0.1, 0.15) is 44.7 Å². The highest BCUT2D eigenvalue weighted by Gasteiger charge is 2.37. The quantitative estimate of drug-likeness (QED) is 0.792. The highest BCUT2D eigenvalue weighted by atomic mass is 19.3. The van der Waals surface area contributed by atoms with Crippen LogP contribution in [0.15, 0.2) is 23.0 Å². The first kappa shape index (κ1) is 15.9. The van der Waals surface area contributed by atoms with Crippen LogP contribution < -0.4 is 5.56 Å². The number of aromatic nitrogens is 2. The first-order valence-electron chi connectivity index (χ1n) is 7.98. The highest BCUT2D eigenvalue weighted by Crippen LogP contribution is 2.42. The molecule has 0 aliphatic heterocycles. The number of hydrogen-bond acceptors (Lipinski definition) is 3. The van der Waals surface area contributed by atoms with Crippen molar-refractivity contribution in [1.82, 2.24) is 9.97 Å². The van der Waals surface area contributed by atoms with Crippen LogP contribution in [-0.2, 0) is 5.92 Å². The van der Waals surface area contributed by atoms with Crippen molar-refractivity contribution in [3.05, 3.63) is 34.2 Å². The monoisotopic (exact) mass is 322 g/mol. The zero-order valence-corrected chi connectivity index (χ0v) is 13.0. The van der Waals surface area contributed by atoms with E-state index in [1.165, 1.54) is 24.6 Å². The van der Waals surface area contributed by atoms with Crippen molar-refractivity contribution in [2.75, 3.05) is 0 Å². The first-order valence-corrected chi connectivity index (χ1v) is 7.98. The third-order valence-corrected chi connectivity index (χ3v) is 4.61. The van der Waals surface area contributed by atoms with E-state index in [4.69, 9.17) is 0 Å². The van der Waals surface area contributed by atoms with E-state index in [1.54, 1.807) is 0 Å². The Morgan fingerprint density at radius 1 is 1.39 bits per heavy atom. The number of phenols is 1. The molecule has 2 N–H and O–H groups in total. The van der Waals surface area contributed by atoms with Crippen LogP contribution in [0.4, 0.5) is 8.78 Å². The van der Waals surface area contributed by atoms with Crippen LogP contribution in [0.3, 0.4) is 0 Å². The van der Waals surface area contributed by atoms with Gasteiger partial charge in [0.25, 0.3) is 11.5 Å². The van der Waals surface area contributed by atoms with Crippen molar-refractivity contribution in [2.45, 2.75) is 45.0 Å². The molecule has 1 heterocycles. The van der Waals surface area contributed by atoms with Gasteiger partial charge in [0.05, 0.1) is 11.0 Å². The Morgan fingerprint density at radius 2 is 2.13 bits per heavy atom. The summed E-state index contributed by atoms with van der Waals surface area (Å²) in [6.07, 6.45) is 2.95. The minimum Gasteiger partial charge on any atom is -0.508 e. The van der Waals surface area contributed by atoms with Gasteiger partial charge in [0.2, 0.25) is 0 Å². The van der Waals surface area contributed by atoms with E-state index in [2.05, 4.69) is 16.9 Å². The number of aromatic hydroxyl groups is 1. The summed E-state index contributed by atoms with van der Waals surface area (Å²) < 4.78 is 28.6. The van der Waals surface area contributed by atoms with Gasteiger partial charge in [-0.2, -0.15) is 8.78 Å². The van der Waals surface area contributed by atoms with Crippen molar-refractivity contribution < 1.29 is 13.9 Å². The normalized spacial score (nSPS) is 20.8. The van der Waals surface area contributed by atoms with Crippen LogP contribution in [0.25, 0.3) is 11.0 Å². The van der Waals surface area contributed by atoms with Crippen molar-refractivity contribution >= 4 is 11.0 Å². The van der Waals surface area contributed by atoms with Crippen LogP contribution >= 0.6 is 0 Å². The zero-order chi connectivity index (χ0) is 16.6. The van der Waals surface area contributed by atoms with E-state index in [9.17, 15) is 18.7 Å². The molecule has 1 fully saturated rings. The predicted octanol–water partition coefficient (Wildman–Crippen LogP) is 3.94. The van der Waals surface area contributed by atoms with Crippen molar-refractivity contribution in [1.29, 1.82) is 0 Å². The number of benzene rings is 1. The van der Waals surface area contributed by atoms with Crippen LogP contribution in [0, 0.1) is 11.8 Å². The molecule has 0 spiro atoms. The number of nitrogens with zero attached hydrogens (tertiary/aromatic N) is 1.